The summed E-state index contributed by atoms with van der Waals surface area (Å²) in [5.74, 6) is 0.373. The molecule has 0 rings (SSSR count). The molecule has 0 aromatic rings. The van der Waals surface area contributed by atoms with Gasteiger partial charge in [-0.15, -0.1) is 0 Å². The molecule has 0 fully saturated rings. The van der Waals surface area contributed by atoms with Gasteiger partial charge in [0.25, 0.3) is 0 Å². The van der Waals surface area contributed by atoms with Crippen LogP contribution in [0, 0.1) is 5.92 Å². The van der Waals surface area contributed by atoms with E-state index in [0.717, 1.165) is 0 Å². The van der Waals surface area contributed by atoms with Crippen LogP contribution in [0.2, 0.25) is 0 Å². The molecule has 0 saturated carbocycles. The smallest absolute Gasteiger partial charge is 0.407 e. The van der Waals surface area contributed by atoms with Crippen molar-refractivity contribution in [3.63, 3.8) is 0 Å². The number of alkyl carbamates (subject to hydrolysis) is 1. The number of carbonyl (C=O) groups excluding carboxylic acids is 1. The minimum atomic E-state index is -0.325. The first-order chi connectivity index (χ1) is 5.07. The molecule has 1 atom stereocenters. The molecule has 0 aliphatic heterocycles. The average Bonchev–Trinajstić information content (AvgIpc) is 1.87. The van der Waals surface area contributed by atoms with E-state index in [1.807, 2.05) is 27.7 Å². The summed E-state index contributed by atoms with van der Waals surface area (Å²) < 4.78 is 5.00. The molecule has 3 heteroatoms. The van der Waals surface area contributed by atoms with Gasteiger partial charge in [0.2, 0.25) is 0 Å². The van der Waals surface area contributed by atoms with E-state index in [-0.39, 0.29) is 12.2 Å². The Morgan fingerprint density at radius 1 is 1.45 bits per heavy atom. The Morgan fingerprint density at radius 2 is 2.00 bits per heavy atom. The molecule has 3 nitrogen and oxygen atoms in total. The summed E-state index contributed by atoms with van der Waals surface area (Å²) >= 11 is 0. The molecule has 0 aliphatic carbocycles. The molecule has 0 aliphatic rings. The lowest BCUT2D eigenvalue weighted by molar-refractivity contribution is 0.0826. The van der Waals surface area contributed by atoms with Gasteiger partial charge in [0, 0.05) is 6.54 Å². The molecule has 0 unspecified atom stereocenters. The fourth-order valence-electron chi connectivity index (χ4n) is 0.491. The lowest BCUT2D eigenvalue weighted by Gasteiger charge is -2.16. The van der Waals surface area contributed by atoms with Crippen molar-refractivity contribution < 1.29 is 9.53 Å². The van der Waals surface area contributed by atoms with Gasteiger partial charge < -0.3 is 10.1 Å². The van der Waals surface area contributed by atoms with Crippen LogP contribution in [0.25, 0.3) is 0 Å². The zero-order chi connectivity index (χ0) is 8.85. The lowest BCUT2D eigenvalue weighted by Crippen LogP contribution is -2.29. The Bertz CT molecular complexity index is 123. The summed E-state index contributed by atoms with van der Waals surface area (Å²) in [4.78, 5) is 10.8. The van der Waals surface area contributed by atoms with Gasteiger partial charge in [0.15, 0.2) is 0 Å². The Balaban J connectivity index is 3.57. The normalized spacial score (nSPS) is 12.8. The number of amides is 1. The molecule has 0 heterocycles. The Kier molecular flexibility index (Phi) is 4.66. The first-order valence-electron chi connectivity index (χ1n) is 4.02. The monoisotopic (exact) mass is 159 g/mol. The van der Waals surface area contributed by atoms with Crippen molar-refractivity contribution in [3.8, 4) is 0 Å². The van der Waals surface area contributed by atoms with Crippen LogP contribution in [0.15, 0.2) is 0 Å². The molecule has 66 valence electrons. The molecule has 1 N–H and O–H groups in total. The van der Waals surface area contributed by atoms with Crippen LogP contribution in [-0.2, 0) is 4.74 Å². The van der Waals surface area contributed by atoms with E-state index >= 15 is 0 Å². The van der Waals surface area contributed by atoms with E-state index in [4.69, 9.17) is 4.74 Å². The van der Waals surface area contributed by atoms with Crippen LogP contribution < -0.4 is 5.32 Å². The number of carbonyl (C=O) groups is 1. The predicted molar refractivity (Wildman–Crippen MR) is 44.5 cm³/mol. The van der Waals surface area contributed by atoms with Crippen molar-refractivity contribution in [2.24, 2.45) is 5.92 Å². The zero-order valence-electron chi connectivity index (χ0n) is 7.68. The summed E-state index contributed by atoms with van der Waals surface area (Å²) in [5.41, 5.74) is 0. The summed E-state index contributed by atoms with van der Waals surface area (Å²) in [6.07, 6.45) is -0.338. The van der Waals surface area contributed by atoms with Gasteiger partial charge in [-0.2, -0.15) is 0 Å². The van der Waals surface area contributed by atoms with Gasteiger partial charge in [0.05, 0.1) is 0 Å². The minimum absolute atomic E-state index is 0.0125. The van der Waals surface area contributed by atoms with Crippen LogP contribution >= 0.6 is 0 Å². The van der Waals surface area contributed by atoms with Gasteiger partial charge in [-0.25, -0.2) is 4.79 Å². The molecule has 1 amide bonds. The predicted octanol–water partition coefficient (Wildman–Crippen LogP) is 1.78. The Morgan fingerprint density at radius 3 is 2.36 bits per heavy atom. The molecule has 0 radical (unpaired) electrons. The number of rotatable bonds is 3. The summed E-state index contributed by atoms with van der Waals surface area (Å²) in [7, 11) is 0. The maximum absolute atomic E-state index is 10.8. The topological polar surface area (TPSA) is 38.3 Å². The van der Waals surface area contributed by atoms with E-state index in [1.165, 1.54) is 0 Å². The first-order valence-corrected chi connectivity index (χ1v) is 4.02. The number of hydrogen-bond acceptors (Lipinski definition) is 2. The fourth-order valence-corrected chi connectivity index (χ4v) is 0.491. The van der Waals surface area contributed by atoms with Crippen molar-refractivity contribution >= 4 is 6.09 Å². The van der Waals surface area contributed by atoms with Crippen LogP contribution in [-0.4, -0.2) is 18.7 Å². The second-order valence-corrected chi connectivity index (χ2v) is 2.88. The number of hydrogen-bond donors (Lipinski definition) is 1. The molecule has 0 aromatic heterocycles. The van der Waals surface area contributed by atoms with E-state index in [0.29, 0.717) is 12.5 Å². The largest absolute Gasteiger partial charge is 0.446 e. The third kappa shape index (κ3) is 4.65. The van der Waals surface area contributed by atoms with E-state index in [1.54, 1.807) is 0 Å². The Hall–Kier alpha value is -0.730. The van der Waals surface area contributed by atoms with Crippen LogP contribution in [0.5, 0.6) is 0 Å². The molecular weight excluding hydrogens is 142 g/mol. The second-order valence-electron chi connectivity index (χ2n) is 2.88. The highest BCUT2D eigenvalue weighted by Gasteiger charge is 2.11. The maximum Gasteiger partial charge on any atom is 0.407 e. The van der Waals surface area contributed by atoms with Crippen molar-refractivity contribution in [2.75, 3.05) is 6.54 Å². The van der Waals surface area contributed by atoms with Gasteiger partial charge in [-0.3, -0.25) is 0 Å². The quantitative estimate of drug-likeness (QED) is 0.681. The number of nitrogens with one attached hydrogen (secondary N) is 1. The second kappa shape index (κ2) is 4.99. The molecule has 0 bridgehead atoms. The standard InChI is InChI=1S/C8H17NO2/c1-5-9-8(10)11-7(4)6(2)3/h6-7H,5H2,1-4H3,(H,9,10)/t7-/m0/s1. The van der Waals surface area contributed by atoms with Crippen molar-refractivity contribution in [3.05, 3.63) is 0 Å². The lowest BCUT2D eigenvalue weighted by atomic mass is 10.1. The molecular formula is C8H17NO2. The highest BCUT2D eigenvalue weighted by molar-refractivity contribution is 5.67. The van der Waals surface area contributed by atoms with Gasteiger partial charge in [-0.1, -0.05) is 13.8 Å². The fraction of sp³-hybridized carbons (Fsp3) is 0.875. The number of ether oxygens (including phenoxy) is 1. The Labute approximate surface area is 68.1 Å². The van der Waals surface area contributed by atoms with E-state index in [9.17, 15) is 4.79 Å². The highest BCUT2D eigenvalue weighted by atomic mass is 16.6. The molecule has 11 heavy (non-hydrogen) atoms. The average molecular weight is 159 g/mol. The van der Waals surface area contributed by atoms with E-state index < -0.39 is 0 Å². The summed E-state index contributed by atoms with van der Waals surface area (Å²) in [6, 6.07) is 0. The van der Waals surface area contributed by atoms with Crippen LogP contribution in [0.3, 0.4) is 0 Å². The third-order valence-electron chi connectivity index (χ3n) is 1.55. The van der Waals surface area contributed by atoms with Gasteiger partial charge in [-0.05, 0) is 19.8 Å². The van der Waals surface area contributed by atoms with Gasteiger partial charge >= 0.3 is 6.09 Å². The zero-order valence-corrected chi connectivity index (χ0v) is 7.68. The van der Waals surface area contributed by atoms with Crippen molar-refractivity contribution in [1.82, 2.24) is 5.32 Å². The van der Waals surface area contributed by atoms with Crippen LogP contribution in [0.4, 0.5) is 4.79 Å². The van der Waals surface area contributed by atoms with E-state index in [2.05, 4.69) is 5.32 Å². The molecule has 0 spiro atoms. The molecule has 0 aromatic carbocycles. The third-order valence-corrected chi connectivity index (χ3v) is 1.55. The van der Waals surface area contributed by atoms with Crippen LogP contribution in [0.1, 0.15) is 27.7 Å². The summed E-state index contributed by atoms with van der Waals surface area (Å²) in [6.45, 7) is 8.40. The SMILES string of the molecule is CCNC(=O)O[C@@H](C)C(C)C. The molecule has 0 saturated heterocycles. The first kappa shape index (κ1) is 10.3. The highest BCUT2D eigenvalue weighted by Crippen LogP contribution is 2.04. The van der Waals surface area contributed by atoms with Crippen molar-refractivity contribution in [2.45, 2.75) is 33.8 Å². The van der Waals surface area contributed by atoms with Gasteiger partial charge in [0.1, 0.15) is 6.10 Å². The minimum Gasteiger partial charge on any atom is -0.446 e. The summed E-state index contributed by atoms with van der Waals surface area (Å²) in [5, 5.41) is 2.57. The van der Waals surface area contributed by atoms with Crippen molar-refractivity contribution in [1.29, 1.82) is 0 Å². The maximum atomic E-state index is 10.8.